The van der Waals surface area contributed by atoms with Crippen LogP contribution in [0.15, 0.2) is 0 Å². The number of imide groups is 1. The fourth-order valence-corrected chi connectivity index (χ4v) is 2.77. The first-order valence-corrected chi connectivity index (χ1v) is 7.60. The molecule has 2 fully saturated rings. The van der Waals surface area contributed by atoms with Gasteiger partial charge in [0.15, 0.2) is 0 Å². The third-order valence-corrected chi connectivity index (χ3v) is 4.11. The summed E-state index contributed by atoms with van der Waals surface area (Å²) in [4.78, 5) is 29.9. The van der Waals surface area contributed by atoms with Crippen molar-refractivity contribution in [3.63, 3.8) is 0 Å². The molecule has 0 spiro atoms. The molecule has 2 heterocycles. The van der Waals surface area contributed by atoms with Gasteiger partial charge in [-0.25, -0.2) is 0 Å². The van der Waals surface area contributed by atoms with Gasteiger partial charge in [0.05, 0.1) is 12.5 Å². The molecule has 1 atom stereocenters. The highest BCUT2D eigenvalue weighted by atomic mass is 16.2. The van der Waals surface area contributed by atoms with E-state index in [1.807, 2.05) is 6.92 Å². The van der Waals surface area contributed by atoms with E-state index in [0.717, 1.165) is 45.7 Å². The minimum atomic E-state index is -0.304. The number of carbonyl (C=O) groups excluding carboxylic acids is 2. The molecule has 6 nitrogen and oxygen atoms in total. The normalized spacial score (nSPS) is 25.7. The highest BCUT2D eigenvalue weighted by molar-refractivity contribution is 6.05. The summed E-state index contributed by atoms with van der Waals surface area (Å²) in [5, 5.41) is 3.24. The van der Waals surface area contributed by atoms with Crippen LogP contribution in [0.5, 0.6) is 0 Å². The Kier molecular flexibility index (Phi) is 5.51. The molecule has 114 valence electrons. The van der Waals surface area contributed by atoms with Crippen molar-refractivity contribution in [2.24, 2.45) is 0 Å². The lowest BCUT2D eigenvalue weighted by molar-refractivity contribution is -0.138. The van der Waals surface area contributed by atoms with Crippen molar-refractivity contribution >= 4 is 11.8 Å². The van der Waals surface area contributed by atoms with E-state index in [1.165, 1.54) is 4.90 Å². The van der Waals surface area contributed by atoms with Gasteiger partial charge in [0.2, 0.25) is 11.8 Å². The van der Waals surface area contributed by atoms with E-state index < -0.39 is 0 Å². The highest BCUT2D eigenvalue weighted by Crippen LogP contribution is 2.13. The molecule has 0 aromatic rings. The first kappa shape index (κ1) is 15.4. The van der Waals surface area contributed by atoms with Gasteiger partial charge in [-0.3, -0.25) is 19.4 Å². The Labute approximate surface area is 121 Å². The zero-order chi connectivity index (χ0) is 14.5. The maximum atomic E-state index is 12.1. The average Bonchev–Trinajstić information content (AvgIpc) is 2.69. The second-order valence-electron chi connectivity index (χ2n) is 5.74. The van der Waals surface area contributed by atoms with Crippen LogP contribution in [-0.4, -0.2) is 85.4 Å². The van der Waals surface area contributed by atoms with E-state index in [-0.39, 0.29) is 17.9 Å². The summed E-state index contributed by atoms with van der Waals surface area (Å²) in [6.45, 7) is 8.61. The predicted octanol–water partition coefficient (Wildman–Crippen LogP) is -0.639. The quantitative estimate of drug-likeness (QED) is 0.657. The van der Waals surface area contributed by atoms with Crippen molar-refractivity contribution in [1.82, 2.24) is 20.0 Å². The number of piperazine rings is 1. The number of likely N-dealkylation sites (N-methyl/N-ethyl adjacent to an activating group) is 1. The van der Waals surface area contributed by atoms with Crippen molar-refractivity contribution < 1.29 is 9.59 Å². The van der Waals surface area contributed by atoms with Gasteiger partial charge in [-0.05, 0) is 13.5 Å². The zero-order valence-electron chi connectivity index (χ0n) is 12.6. The maximum absolute atomic E-state index is 12.1. The molecule has 2 rings (SSSR count). The molecule has 20 heavy (non-hydrogen) atoms. The first-order valence-electron chi connectivity index (χ1n) is 7.60. The molecule has 0 aromatic carbocycles. The molecule has 0 bridgehead atoms. The number of nitrogens with one attached hydrogen (secondary N) is 1. The number of likely N-dealkylation sites (tertiary alicyclic amines) is 1. The Morgan fingerprint density at radius 1 is 1.15 bits per heavy atom. The molecule has 2 saturated heterocycles. The van der Waals surface area contributed by atoms with Gasteiger partial charge in [0.1, 0.15) is 0 Å². The Morgan fingerprint density at radius 2 is 1.85 bits per heavy atom. The second kappa shape index (κ2) is 7.15. The van der Waals surface area contributed by atoms with Gasteiger partial charge < -0.3 is 10.2 Å². The van der Waals surface area contributed by atoms with Gasteiger partial charge in [0.25, 0.3) is 0 Å². The number of nitrogens with zero attached hydrogens (tertiary/aromatic N) is 3. The summed E-state index contributed by atoms with van der Waals surface area (Å²) in [7, 11) is 2.14. The van der Waals surface area contributed by atoms with Gasteiger partial charge in [0, 0.05) is 45.8 Å². The van der Waals surface area contributed by atoms with E-state index in [4.69, 9.17) is 0 Å². The molecule has 6 heteroatoms. The molecule has 1 N–H and O–H groups in total. The summed E-state index contributed by atoms with van der Waals surface area (Å²) in [6.07, 6.45) is 1.15. The monoisotopic (exact) mass is 282 g/mol. The van der Waals surface area contributed by atoms with Crippen LogP contribution in [0.4, 0.5) is 0 Å². The largest absolute Gasteiger partial charge is 0.304 e. The Morgan fingerprint density at radius 3 is 2.50 bits per heavy atom. The molecular formula is C14H26N4O2. The lowest BCUT2D eigenvalue weighted by Crippen LogP contribution is -2.48. The van der Waals surface area contributed by atoms with Crippen LogP contribution in [0, 0.1) is 0 Å². The third-order valence-electron chi connectivity index (χ3n) is 4.11. The first-order chi connectivity index (χ1) is 9.61. The van der Waals surface area contributed by atoms with E-state index in [1.54, 1.807) is 0 Å². The van der Waals surface area contributed by atoms with Crippen molar-refractivity contribution in [2.75, 3.05) is 52.9 Å². The van der Waals surface area contributed by atoms with E-state index >= 15 is 0 Å². The standard InChI is InChI=1S/C14H26N4O2/c1-3-5-18-13(19)11-12(14(18)20)15-4-6-17-9-7-16(2)8-10-17/h12,15H,3-11H2,1-2H3. The van der Waals surface area contributed by atoms with Crippen LogP contribution in [0.25, 0.3) is 0 Å². The number of hydrogen-bond acceptors (Lipinski definition) is 5. The molecular weight excluding hydrogens is 256 g/mol. The van der Waals surface area contributed by atoms with E-state index in [0.29, 0.717) is 13.0 Å². The Balaban J connectivity index is 1.69. The Bertz CT molecular complexity index is 353. The fourth-order valence-electron chi connectivity index (χ4n) is 2.77. The second-order valence-corrected chi connectivity index (χ2v) is 5.74. The summed E-state index contributed by atoms with van der Waals surface area (Å²) in [6, 6.07) is -0.304. The van der Waals surface area contributed by atoms with Crippen molar-refractivity contribution in [3.8, 4) is 0 Å². The molecule has 2 aliphatic rings. The smallest absolute Gasteiger partial charge is 0.246 e. The summed E-state index contributed by atoms with van der Waals surface area (Å²) in [5.74, 6) is -0.0795. The van der Waals surface area contributed by atoms with Crippen LogP contribution in [0.1, 0.15) is 19.8 Å². The minimum absolute atomic E-state index is 0.0334. The number of rotatable bonds is 6. The molecule has 0 aliphatic carbocycles. The summed E-state index contributed by atoms with van der Waals surface area (Å²) in [5.41, 5.74) is 0. The van der Waals surface area contributed by atoms with Crippen LogP contribution in [0.3, 0.4) is 0 Å². The average molecular weight is 282 g/mol. The SMILES string of the molecule is CCCN1C(=O)CC(NCCN2CCN(C)CC2)C1=O. The van der Waals surface area contributed by atoms with Gasteiger partial charge >= 0.3 is 0 Å². The maximum Gasteiger partial charge on any atom is 0.246 e. The zero-order valence-corrected chi connectivity index (χ0v) is 12.6. The van der Waals surface area contributed by atoms with Crippen LogP contribution < -0.4 is 5.32 Å². The summed E-state index contributed by atoms with van der Waals surface area (Å²) >= 11 is 0. The Hall–Kier alpha value is -0.980. The lowest BCUT2D eigenvalue weighted by Gasteiger charge is -2.32. The summed E-state index contributed by atoms with van der Waals surface area (Å²) < 4.78 is 0. The van der Waals surface area contributed by atoms with Crippen LogP contribution >= 0.6 is 0 Å². The van der Waals surface area contributed by atoms with Gasteiger partial charge in [-0.2, -0.15) is 0 Å². The topological polar surface area (TPSA) is 55.9 Å². The minimum Gasteiger partial charge on any atom is -0.304 e. The molecule has 0 radical (unpaired) electrons. The molecule has 2 aliphatic heterocycles. The van der Waals surface area contributed by atoms with Crippen LogP contribution in [-0.2, 0) is 9.59 Å². The number of carbonyl (C=O) groups is 2. The van der Waals surface area contributed by atoms with Gasteiger partial charge in [-0.1, -0.05) is 6.92 Å². The molecule has 2 amide bonds. The van der Waals surface area contributed by atoms with Crippen molar-refractivity contribution in [2.45, 2.75) is 25.8 Å². The van der Waals surface area contributed by atoms with E-state index in [9.17, 15) is 9.59 Å². The van der Waals surface area contributed by atoms with Gasteiger partial charge in [-0.15, -0.1) is 0 Å². The lowest BCUT2D eigenvalue weighted by atomic mass is 10.2. The highest BCUT2D eigenvalue weighted by Gasteiger charge is 2.37. The van der Waals surface area contributed by atoms with E-state index in [2.05, 4.69) is 22.2 Å². The molecule has 0 saturated carbocycles. The molecule has 0 aromatic heterocycles. The molecule has 1 unspecified atom stereocenters. The van der Waals surface area contributed by atoms with Crippen molar-refractivity contribution in [3.05, 3.63) is 0 Å². The predicted molar refractivity (Wildman–Crippen MR) is 77.4 cm³/mol. The van der Waals surface area contributed by atoms with Crippen LogP contribution in [0.2, 0.25) is 0 Å². The number of amides is 2. The number of hydrogen-bond donors (Lipinski definition) is 1. The van der Waals surface area contributed by atoms with Crippen molar-refractivity contribution in [1.29, 1.82) is 0 Å². The fraction of sp³-hybridized carbons (Fsp3) is 0.857. The third kappa shape index (κ3) is 3.77.